The molecular formula is C20H28F3NO5. The Morgan fingerprint density at radius 3 is 2.38 bits per heavy atom. The number of aryl methyl sites for hydroxylation is 1. The molecule has 1 aromatic carbocycles. The second kappa shape index (κ2) is 11.0. The molecule has 0 heterocycles. The summed E-state index contributed by atoms with van der Waals surface area (Å²) in [4.78, 5) is 23.1. The Labute approximate surface area is 168 Å². The third kappa shape index (κ3) is 10.2. The molecule has 0 aliphatic heterocycles. The third-order valence-corrected chi connectivity index (χ3v) is 3.65. The molecule has 0 unspecified atom stereocenters. The monoisotopic (exact) mass is 419 g/mol. The fraction of sp³-hybridized carbons (Fsp3) is 0.600. The minimum Gasteiger partial charge on any atom is -0.493 e. The smallest absolute Gasteiger partial charge is 0.471 e. The van der Waals surface area contributed by atoms with Crippen molar-refractivity contribution in [1.82, 2.24) is 0 Å². The Hall–Kier alpha value is -2.29. The zero-order valence-electron chi connectivity index (χ0n) is 16.9. The Morgan fingerprint density at radius 1 is 1.10 bits per heavy atom. The Bertz CT molecular complexity index is 684. The Kier molecular flexibility index (Phi) is 9.42. The number of esters is 1. The van der Waals surface area contributed by atoms with Gasteiger partial charge in [-0.05, 0) is 70.2 Å². The van der Waals surface area contributed by atoms with Gasteiger partial charge in [-0.25, -0.2) is 0 Å². The number of amides is 1. The van der Waals surface area contributed by atoms with Crippen LogP contribution < -0.4 is 10.1 Å². The van der Waals surface area contributed by atoms with Crippen molar-refractivity contribution >= 4 is 17.6 Å². The molecule has 6 nitrogen and oxygen atoms in total. The molecular weight excluding hydrogens is 391 g/mol. The van der Waals surface area contributed by atoms with Crippen LogP contribution in [-0.4, -0.2) is 42.0 Å². The molecule has 0 spiro atoms. The van der Waals surface area contributed by atoms with E-state index >= 15 is 0 Å². The molecule has 0 bridgehead atoms. The zero-order chi connectivity index (χ0) is 22.1. The van der Waals surface area contributed by atoms with Crippen LogP contribution in [0.3, 0.4) is 0 Å². The quantitative estimate of drug-likeness (QED) is 0.442. The fourth-order valence-electron chi connectivity index (χ4n) is 2.40. The van der Waals surface area contributed by atoms with Crippen molar-refractivity contribution in [2.75, 3.05) is 18.5 Å². The first-order valence-electron chi connectivity index (χ1n) is 9.39. The number of ether oxygens (including phenoxy) is 2. The fourth-order valence-corrected chi connectivity index (χ4v) is 2.40. The zero-order valence-corrected chi connectivity index (χ0v) is 16.9. The van der Waals surface area contributed by atoms with E-state index in [1.54, 1.807) is 26.1 Å². The average molecular weight is 419 g/mol. The van der Waals surface area contributed by atoms with E-state index in [-0.39, 0.29) is 25.1 Å². The molecule has 1 aromatic rings. The molecule has 9 heteroatoms. The van der Waals surface area contributed by atoms with Gasteiger partial charge in [-0.1, -0.05) is 0 Å². The number of rotatable bonds is 10. The van der Waals surface area contributed by atoms with E-state index < -0.39 is 23.7 Å². The van der Waals surface area contributed by atoms with E-state index in [4.69, 9.17) is 14.6 Å². The van der Waals surface area contributed by atoms with Crippen LogP contribution in [-0.2, 0) is 20.7 Å². The third-order valence-electron chi connectivity index (χ3n) is 3.65. The number of aliphatic hydroxyl groups is 1. The minimum absolute atomic E-state index is 0.00874. The summed E-state index contributed by atoms with van der Waals surface area (Å²) < 4.78 is 48.4. The molecule has 0 aliphatic carbocycles. The summed E-state index contributed by atoms with van der Waals surface area (Å²) in [6.07, 6.45) is -2.71. The Morgan fingerprint density at radius 2 is 1.79 bits per heavy atom. The van der Waals surface area contributed by atoms with Gasteiger partial charge < -0.3 is 19.9 Å². The second-order valence-electron chi connectivity index (χ2n) is 7.49. The van der Waals surface area contributed by atoms with Crippen LogP contribution in [0.1, 0.15) is 52.0 Å². The number of hydrogen-bond donors (Lipinski definition) is 2. The highest BCUT2D eigenvalue weighted by molar-refractivity contribution is 5.95. The number of carbonyl (C=O) groups excluding carboxylic acids is 2. The van der Waals surface area contributed by atoms with Gasteiger partial charge in [0.2, 0.25) is 0 Å². The highest BCUT2D eigenvalue weighted by Gasteiger charge is 2.38. The summed E-state index contributed by atoms with van der Waals surface area (Å²) in [5.41, 5.74) is -0.205. The highest BCUT2D eigenvalue weighted by atomic mass is 19.4. The number of halogens is 3. The highest BCUT2D eigenvalue weighted by Crippen LogP contribution is 2.27. The molecule has 0 aliphatic rings. The van der Waals surface area contributed by atoms with Crippen molar-refractivity contribution in [2.24, 2.45) is 0 Å². The first kappa shape index (κ1) is 24.7. The van der Waals surface area contributed by atoms with Gasteiger partial charge in [0.15, 0.2) is 0 Å². The molecule has 29 heavy (non-hydrogen) atoms. The number of nitrogens with one attached hydrogen (secondary N) is 1. The van der Waals surface area contributed by atoms with E-state index in [2.05, 4.69) is 0 Å². The van der Waals surface area contributed by atoms with Gasteiger partial charge >= 0.3 is 18.1 Å². The van der Waals surface area contributed by atoms with Crippen LogP contribution in [0.5, 0.6) is 5.75 Å². The van der Waals surface area contributed by atoms with Gasteiger partial charge in [-0.2, -0.15) is 13.2 Å². The molecule has 0 radical (unpaired) electrons. The molecule has 0 saturated heterocycles. The maximum Gasteiger partial charge on any atom is 0.471 e. The van der Waals surface area contributed by atoms with Crippen LogP contribution in [0.15, 0.2) is 18.2 Å². The number of unbranched alkanes of at least 4 members (excludes halogenated alkanes) is 2. The van der Waals surface area contributed by atoms with E-state index in [1.807, 2.05) is 0 Å². The van der Waals surface area contributed by atoms with E-state index in [0.717, 1.165) is 6.42 Å². The first-order valence-corrected chi connectivity index (χ1v) is 9.39. The average Bonchev–Trinajstić information content (AvgIpc) is 2.58. The summed E-state index contributed by atoms with van der Waals surface area (Å²) in [5, 5.41) is 10.6. The van der Waals surface area contributed by atoms with Crippen molar-refractivity contribution in [3.05, 3.63) is 23.8 Å². The standard InChI is InChI=1S/C20H28F3NO5/c1-19(2,3)29-17(26)10-7-14-13-15(24-18(27)20(21,22)23)8-9-16(14)28-12-6-4-5-11-25/h8-9,13,25H,4-7,10-12H2,1-3H3,(H,24,27). The van der Waals surface area contributed by atoms with Gasteiger partial charge in [0.25, 0.3) is 0 Å². The molecule has 0 aromatic heterocycles. The van der Waals surface area contributed by atoms with Crippen molar-refractivity contribution in [3.8, 4) is 5.75 Å². The summed E-state index contributed by atoms with van der Waals surface area (Å²) >= 11 is 0. The second-order valence-corrected chi connectivity index (χ2v) is 7.49. The lowest BCUT2D eigenvalue weighted by Crippen LogP contribution is -2.29. The maximum absolute atomic E-state index is 12.5. The molecule has 0 saturated carbocycles. The van der Waals surface area contributed by atoms with Crippen molar-refractivity contribution < 1.29 is 37.3 Å². The lowest BCUT2D eigenvalue weighted by atomic mass is 10.1. The summed E-state index contributed by atoms with van der Waals surface area (Å²) in [5.74, 6) is -2.10. The number of alkyl halides is 3. The molecule has 0 fully saturated rings. The van der Waals surface area contributed by atoms with Crippen molar-refractivity contribution in [3.63, 3.8) is 0 Å². The predicted octanol–water partition coefficient (Wildman–Crippen LogP) is 4.00. The molecule has 2 N–H and O–H groups in total. The van der Waals surface area contributed by atoms with Crippen LogP contribution in [0.25, 0.3) is 0 Å². The molecule has 0 atom stereocenters. The lowest BCUT2D eigenvalue weighted by Gasteiger charge is -2.20. The van der Waals surface area contributed by atoms with Crippen molar-refractivity contribution in [1.29, 1.82) is 0 Å². The SMILES string of the molecule is CC(C)(C)OC(=O)CCc1cc(NC(=O)C(F)(F)F)ccc1OCCCCCO. The van der Waals surface area contributed by atoms with Crippen LogP contribution in [0, 0.1) is 0 Å². The summed E-state index contributed by atoms with van der Waals surface area (Å²) in [6.45, 7) is 5.65. The van der Waals surface area contributed by atoms with E-state index in [9.17, 15) is 22.8 Å². The van der Waals surface area contributed by atoms with Crippen LogP contribution in [0.4, 0.5) is 18.9 Å². The van der Waals surface area contributed by atoms with Gasteiger partial charge in [-0.15, -0.1) is 0 Å². The topological polar surface area (TPSA) is 84.9 Å². The molecule has 164 valence electrons. The number of anilines is 1. The molecule has 1 amide bonds. The van der Waals surface area contributed by atoms with Crippen molar-refractivity contribution in [2.45, 2.75) is 64.7 Å². The van der Waals surface area contributed by atoms with Crippen LogP contribution in [0.2, 0.25) is 0 Å². The number of benzene rings is 1. The number of hydrogen-bond acceptors (Lipinski definition) is 5. The predicted molar refractivity (Wildman–Crippen MR) is 102 cm³/mol. The molecule has 1 rings (SSSR count). The summed E-state index contributed by atoms with van der Waals surface area (Å²) in [6, 6.07) is 4.13. The largest absolute Gasteiger partial charge is 0.493 e. The Balaban J connectivity index is 2.87. The minimum atomic E-state index is -5.00. The maximum atomic E-state index is 12.5. The van der Waals surface area contributed by atoms with E-state index in [0.29, 0.717) is 30.8 Å². The van der Waals surface area contributed by atoms with Gasteiger partial charge in [0.1, 0.15) is 11.4 Å². The van der Waals surface area contributed by atoms with Gasteiger partial charge in [0.05, 0.1) is 6.61 Å². The lowest BCUT2D eigenvalue weighted by molar-refractivity contribution is -0.167. The van der Waals surface area contributed by atoms with Gasteiger partial charge in [-0.3, -0.25) is 9.59 Å². The number of carbonyl (C=O) groups is 2. The summed E-state index contributed by atoms with van der Waals surface area (Å²) in [7, 11) is 0. The first-order chi connectivity index (χ1) is 13.4. The van der Waals surface area contributed by atoms with Crippen LogP contribution >= 0.6 is 0 Å². The normalized spacial score (nSPS) is 11.8. The number of aliphatic hydroxyl groups excluding tert-OH is 1. The van der Waals surface area contributed by atoms with E-state index in [1.165, 1.54) is 18.2 Å². The van der Waals surface area contributed by atoms with Gasteiger partial charge in [0, 0.05) is 18.7 Å².